The maximum absolute atomic E-state index is 11.0. The van der Waals surface area contributed by atoms with Gasteiger partial charge in [0.25, 0.3) is 0 Å². The SMILES string of the molecule is CN(C#N)CC(=O)OC(C)(C)C. The lowest BCUT2D eigenvalue weighted by molar-refractivity contribution is -0.155. The fourth-order valence-electron chi connectivity index (χ4n) is 0.603. The van der Waals surface area contributed by atoms with E-state index < -0.39 is 5.60 Å². The molecule has 0 amide bonds. The fourth-order valence-corrected chi connectivity index (χ4v) is 0.603. The maximum Gasteiger partial charge on any atom is 0.326 e. The molecule has 4 heteroatoms. The van der Waals surface area contributed by atoms with Crippen molar-refractivity contribution in [1.29, 1.82) is 5.26 Å². The molecule has 0 unspecified atom stereocenters. The number of ether oxygens (including phenoxy) is 1. The zero-order chi connectivity index (χ0) is 9.78. The minimum absolute atomic E-state index is 0.00771. The summed E-state index contributed by atoms with van der Waals surface area (Å²) in [6.45, 7) is 5.37. The standard InChI is InChI=1S/C8H14N2O2/c1-8(2,3)12-7(11)5-10(4)6-9/h5H2,1-4H3. The van der Waals surface area contributed by atoms with Crippen molar-refractivity contribution in [3.05, 3.63) is 0 Å². The molecule has 0 atom stereocenters. The van der Waals surface area contributed by atoms with Gasteiger partial charge in [0.05, 0.1) is 0 Å². The van der Waals surface area contributed by atoms with Gasteiger partial charge in [-0.1, -0.05) is 0 Å². The van der Waals surface area contributed by atoms with E-state index in [1.807, 2.05) is 6.19 Å². The molecular weight excluding hydrogens is 156 g/mol. The van der Waals surface area contributed by atoms with Crippen molar-refractivity contribution in [3.63, 3.8) is 0 Å². The van der Waals surface area contributed by atoms with Crippen molar-refractivity contribution in [2.45, 2.75) is 26.4 Å². The molecule has 0 radical (unpaired) electrons. The molecule has 0 saturated heterocycles. The smallest absolute Gasteiger partial charge is 0.326 e. The number of carbonyl (C=O) groups is 1. The van der Waals surface area contributed by atoms with Crippen LogP contribution in [0.4, 0.5) is 0 Å². The van der Waals surface area contributed by atoms with Gasteiger partial charge in [0.15, 0.2) is 6.19 Å². The van der Waals surface area contributed by atoms with Gasteiger partial charge in [-0.15, -0.1) is 0 Å². The quantitative estimate of drug-likeness (QED) is 0.348. The highest BCUT2D eigenvalue weighted by atomic mass is 16.6. The molecule has 68 valence electrons. The second kappa shape index (κ2) is 3.96. The molecule has 4 nitrogen and oxygen atoms in total. The van der Waals surface area contributed by atoms with E-state index >= 15 is 0 Å². The van der Waals surface area contributed by atoms with Gasteiger partial charge in [0.2, 0.25) is 0 Å². The minimum Gasteiger partial charge on any atom is -0.459 e. The van der Waals surface area contributed by atoms with Crippen LogP contribution in [-0.4, -0.2) is 30.1 Å². The van der Waals surface area contributed by atoms with Crippen LogP contribution >= 0.6 is 0 Å². The van der Waals surface area contributed by atoms with Gasteiger partial charge < -0.3 is 9.64 Å². The molecule has 0 aromatic carbocycles. The average molecular weight is 170 g/mol. The summed E-state index contributed by atoms with van der Waals surface area (Å²) in [5.41, 5.74) is -0.479. The molecule has 12 heavy (non-hydrogen) atoms. The van der Waals surface area contributed by atoms with Crippen LogP contribution in [0.15, 0.2) is 0 Å². The molecule has 0 aliphatic heterocycles. The van der Waals surface area contributed by atoms with Crippen LogP contribution in [0.25, 0.3) is 0 Å². The van der Waals surface area contributed by atoms with Crippen LogP contribution < -0.4 is 0 Å². The van der Waals surface area contributed by atoms with E-state index in [9.17, 15) is 4.79 Å². The van der Waals surface area contributed by atoms with Crippen molar-refractivity contribution >= 4 is 5.97 Å². The summed E-state index contributed by atoms with van der Waals surface area (Å²) in [5.74, 6) is -0.383. The van der Waals surface area contributed by atoms with Gasteiger partial charge >= 0.3 is 5.97 Å². The molecule has 0 fully saturated rings. The van der Waals surface area contributed by atoms with E-state index in [2.05, 4.69) is 0 Å². The number of hydrogen-bond acceptors (Lipinski definition) is 4. The van der Waals surface area contributed by atoms with Crippen LogP contribution in [0.3, 0.4) is 0 Å². The number of carbonyl (C=O) groups excluding carboxylic acids is 1. The summed E-state index contributed by atoms with van der Waals surface area (Å²) in [6.07, 6.45) is 1.81. The molecule has 0 N–H and O–H groups in total. The third-order valence-corrected chi connectivity index (χ3v) is 0.957. The van der Waals surface area contributed by atoms with Gasteiger partial charge in [0, 0.05) is 7.05 Å². The summed E-state index contributed by atoms with van der Waals surface area (Å²) in [6, 6.07) is 0. The van der Waals surface area contributed by atoms with Gasteiger partial charge in [0.1, 0.15) is 12.1 Å². The molecule has 0 aliphatic rings. The Morgan fingerprint density at radius 1 is 1.58 bits per heavy atom. The molecule has 0 spiro atoms. The lowest BCUT2D eigenvalue weighted by atomic mass is 10.2. The minimum atomic E-state index is -0.479. The second-order valence-electron chi connectivity index (χ2n) is 3.54. The highest BCUT2D eigenvalue weighted by Crippen LogP contribution is 2.06. The Hall–Kier alpha value is -1.24. The molecule has 0 aromatic heterocycles. The third kappa shape index (κ3) is 5.54. The maximum atomic E-state index is 11.0. The lowest BCUT2D eigenvalue weighted by Gasteiger charge is -2.20. The number of esters is 1. The first-order valence-corrected chi connectivity index (χ1v) is 3.68. The van der Waals surface area contributed by atoms with E-state index in [0.29, 0.717) is 0 Å². The topological polar surface area (TPSA) is 53.3 Å². The molecule has 0 aromatic rings. The predicted molar refractivity (Wildman–Crippen MR) is 44.1 cm³/mol. The Bertz CT molecular complexity index is 200. The van der Waals surface area contributed by atoms with Crippen molar-refractivity contribution < 1.29 is 9.53 Å². The van der Waals surface area contributed by atoms with Crippen LogP contribution in [0.2, 0.25) is 0 Å². The highest BCUT2D eigenvalue weighted by Gasteiger charge is 2.16. The summed E-state index contributed by atoms with van der Waals surface area (Å²) in [5, 5.41) is 8.35. The molecule has 0 bridgehead atoms. The monoisotopic (exact) mass is 170 g/mol. The van der Waals surface area contributed by atoms with E-state index in [-0.39, 0.29) is 12.5 Å². The van der Waals surface area contributed by atoms with Crippen LogP contribution in [-0.2, 0) is 9.53 Å². The van der Waals surface area contributed by atoms with Crippen LogP contribution in [0, 0.1) is 11.5 Å². The number of rotatable bonds is 2. The first kappa shape index (κ1) is 10.8. The first-order chi connectivity index (χ1) is 5.35. The van der Waals surface area contributed by atoms with Crippen molar-refractivity contribution in [1.82, 2.24) is 4.90 Å². The highest BCUT2D eigenvalue weighted by molar-refractivity contribution is 5.72. The molecular formula is C8H14N2O2. The third-order valence-electron chi connectivity index (χ3n) is 0.957. The summed E-state index contributed by atoms with van der Waals surface area (Å²) in [4.78, 5) is 12.2. The largest absolute Gasteiger partial charge is 0.459 e. The van der Waals surface area contributed by atoms with Crippen LogP contribution in [0.5, 0.6) is 0 Å². The van der Waals surface area contributed by atoms with Crippen molar-refractivity contribution in [2.75, 3.05) is 13.6 Å². The van der Waals surface area contributed by atoms with Gasteiger partial charge in [-0.2, -0.15) is 5.26 Å². The van der Waals surface area contributed by atoms with E-state index in [1.165, 1.54) is 11.9 Å². The second-order valence-corrected chi connectivity index (χ2v) is 3.54. The van der Waals surface area contributed by atoms with Gasteiger partial charge in [-0.3, -0.25) is 4.79 Å². The zero-order valence-corrected chi connectivity index (χ0v) is 7.92. The Morgan fingerprint density at radius 3 is 2.42 bits per heavy atom. The van der Waals surface area contributed by atoms with Crippen LogP contribution in [0.1, 0.15) is 20.8 Å². The Balaban J connectivity index is 3.85. The number of likely N-dealkylation sites (N-methyl/N-ethyl adjacent to an activating group) is 1. The number of nitrogens with zero attached hydrogens (tertiary/aromatic N) is 2. The van der Waals surface area contributed by atoms with Gasteiger partial charge in [-0.05, 0) is 20.8 Å². The molecule has 0 heterocycles. The summed E-state index contributed by atoms with van der Waals surface area (Å²) >= 11 is 0. The van der Waals surface area contributed by atoms with Crippen molar-refractivity contribution in [3.8, 4) is 6.19 Å². The fraction of sp³-hybridized carbons (Fsp3) is 0.750. The van der Waals surface area contributed by atoms with E-state index in [0.717, 1.165) is 0 Å². The normalized spacial score (nSPS) is 10.2. The lowest BCUT2D eigenvalue weighted by Crippen LogP contribution is -2.30. The van der Waals surface area contributed by atoms with Gasteiger partial charge in [-0.25, -0.2) is 0 Å². The average Bonchev–Trinajstić information content (AvgIpc) is 1.82. The Morgan fingerprint density at radius 2 is 2.08 bits per heavy atom. The van der Waals surface area contributed by atoms with Crippen molar-refractivity contribution in [2.24, 2.45) is 0 Å². The molecule has 0 saturated carbocycles. The molecule has 0 aliphatic carbocycles. The molecule has 0 rings (SSSR count). The Labute approximate surface area is 72.7 Å². The zero-order valence-electron chi connectivity index (χ0n) is 7.92. The number of nitriles is 1. The summed E-state index contributed by atoms with van der Waals surface area (Å²) < 4.78 is 4.98. The van der Waals surface area contributed by atoms with E-state index in [1.54, 1.807) is 20.8 Å². The van der Waals surface area contributed by atoms with E-state index in [4.69, 9.17) is 10.00 Å². The number of hydrogen-bond donors (Lipinski definition) is 0. The Kier molecular flexibility index (Phi) is 3.55. The first-order valence-electron chi connectivity index (χ1n) is 3.68. The summed E-state index contributed by atoms with van der Waals surface area (Å²) in [7, 11) is 1.53. The predicted octanol–water partition coefficient (Wildman–Crippen LogP) is 0.741.